The van der Waals surface area contributed by atoms with E-state index < -0.39 is 5.60 Å². The van der Waals surface area contributed by atoms with Crippen molar-refractivity contribution in [2.75, 3.05) is 7.11 Å². The van der Waals surface area contributed by atoms with E-state index in [2.05, 4.69) is 32.9 Å². The van der Waals surface area contributed by atoms with Crippen LogP contribution in [0.15, 0.2) is 12.1 Å². The van der Waals surface area contributed by atoms with E-state index in [0.29, 0.717) is 0 Å². The summed E-state index contributed by atoms with van der Waals surface area (Å²) in [6.07, 6.45) is 7.74. The smallest absolute Gasteiger partial charge is 0.128 e. The summed E-state index contributed by atoms with van der Waals surface area (Å²) in [6, 6.07) is 4.18. The summed E-state index contributed by atoms with van der Waals surface area (Å²) in [4.78, 5) is 0. The van der Waals surface area contributed by atoms with Gasteiger partial charge in [0.1, 0.15) is 5.75 Å². The summed E-state index contributed by atoms with van der Waals surface area (Å²) in [5, 5.41) is 11.3. The van der Waals surface area contributed by atoms with Crippen LogP contribution < -0.4 is 4.74 Å². The number of rotatable bonds is 4. The molecular weight excluding hydrogens is 260 g/mol. The molecule has 0 bridgehead atoms. The highest BCUT2D eigenvalue weighted by molar-refractivity contribution is 5.48. The molecule has 1 aliphatic carbocycles. The third-order valence-corrected chi connectivity index (χ3v) is 5.25. The predicted octanol–water partition coefficient (Wildman–Crippen LogP) is 4.88. The fourth-order valence-electron chi connectivity index (χ4n) is 3.78. The van der Waals surface area contributed by atoms with Crippen molar-refractivity contribution in [2.24, 2.45) is 5.92 Å². The average Bonchev–Trinajstić information content (AvgIpc) is 2.65. The topological polar surface area (TPSA) is 29.5 Å². The van der Waals surface area contributed by atoms with E-state index in [-0.39, 0.29) is 0 Å². The predicted molar refractivity (Wildman–Crippen MR) is 87.8 cm³/mol. The Morgan fingerprint density at radius 3 is 2.67 bits per heavy atom. The third-order valence-electron chi connectivity index (χ3n) is 5.25. The second-order valence-electron chi connectivity index (χ2n) is 6.71. The maximum absolute atomic E-state index is 11.3. The first-order chi connectivity index (χ1) is 10.0. The molecule has 118 valence electrons. The number of hydrogen-bond donors (Lipinski definition) is 1. The van der Waals surface area contributed by atoms with E-state index >= 15 is 0 Å². The molecule has 1 N–H and O–H groups in total. The first-order valence-electron chi connectivity index (χ1n) is 8.39. The Labute approximate surface area is 129 Å². The molecule has 0 aromatic heterocycles. The van der Waals surface area contributed by atoms with Crippen LogP contribution in [0.1, 0.15) is 68.6 Å². The largest absolute Gasteiger partial charge is 0.496 e. The van der Waals surface area contributed by atoms with Gasteiger partial charge in [0.25, 0.3) is 0 Å². The molecule has 1 aliphatic rings. The van der Waals surface area contributed by atoms with Crippen molar-refractivity contribution >= 4 is 0 Å². The molecule has 2 heteroatoms. The Balaban J connectivity index is 2.30. The summed E-state index contributed by atoms with van der Waals surface area (Å²) >= 11 is 0. The Hall–Kier alpha value is -1.02. The van der Waals surface area contributed by atoms with Gasteiger partial charge in [-0.3, -0.25) is 0 Å². The number of benzene rings is 1. The molecule has 0 amide bonds. The summed E-state index contributed by atoms with van der Waals surface area (Å²) in [5.41, 5.74) is 2.64. The molecule has 2 atom stereocenters. The molecule has 2 nitrogen and oxygen atoms in total. The summed E-state index contributed by atoms with van der Waals surface area (Å²) in [7, 11) is 1.71. The lowest BCUT2D eigenvalue weighted by atomic mass is 9.83. The highest BCUT2D eigenvalue weighted by Gasteiger charge is 2.35. The second-order valence-corrected chi connectivity index (χ2v) is 6.71. The van der Waals surface area contributed by atoms with Crippen molar-refractivity contribution in [3.63, 3.8) is 0 Å². The highest BCUT2D eigenvalue weighted by atomic mass is 16.5. The van der Waals surface area contributed by atoms with E-state index in [0.717, 1.165) is 48.5 Å². The van der Waals surface area contributed by atoms with Crippen LogP contribution in [-0.2, 0) is 5.60 Å². The quantitative estimate of drug-likeness (QED) is 0.801. The van der Waals surface area contributed by atoms with E-state index in [1.54, 1.807) is 7.11 Å². The van der Waals surface area contributed by atoms with Gasteiger partial charge >= 0.3 is 0 Å². The fourth-order valence-corrected chi connectivity index (χ4v) is 3.78. The molecular formula is C19H30O2. The minimum atomic E-state index is -0.716. The number of aryl methyl sites for hydroxylation is 1. The van der Waals surface area contributed by atoms with Gasteiger partial charge in [0, 0.05) is 5.56 Å². The van der Waals surface area contributed by atoms with Crippen molar-refractivity contribution in [1.29, 1.82) is 0 Å². The van der Waals surface area contributed by atoms with Crippen molar-refractivity contribution in [3.8, 4) is 5.75 Å². The maximum Gasteiger partial charge on any atom is 0.128 e. The number of aliphatic hydroxyl groups is 1. The Bertz CT molecular complexity index is 481. The fraction of sp³-hybridized carbons (Fsp3) is 0.684. The lowest BCUT2D eigenvalue weighted by Crippen LogP contribution is -2.26. The van der Waals surface area contributed by atoms with Crippen LogP contribution in [0.2, 0.25) is 0 Å². The zero-order chi connectivity index (χ0) is 15.5. The lowest BCUT2D eigenvalue weighted by Gasteiger charge is -2.30. The second kappa shape index (κ2) is 6.83. The van der Waals surface area contributed by atoms with Crippen molar-refractivity contribution in [3.05, 3.63) is 28.8 Å². The van der Waals surface area contributed by atoms with Crippen LogP contribution in [0.5, 0.6) is 5.75 Å². The van der Waals surface area contributed by atoms with E-state index in [4.69, 9.17) is 4.74 Å². The summed E-state index contributed by atoms with van der Waals surface area (Å²) < 4.78 is 5.63. The van der Waals surface area contributed by atoms with Crippen LogP contribution in [0.4, 0.5) is 0 Å². The maximum atomic E-state index is 11.3. The van der Waals surface area contributed by atoms with Gasteiger partial charge in [-0.25, -0.2) is 0 Å². The molecule has 0 aliphatic heterocycles. The molecule has 0 saturated heterocycles. The van der Waals surface area contributed by atoms with Crippen molar-refractivity contribution < 1.29 is 9.84 Å². The van der Waals surface area contributed by atoms with E-state index in [1.807, 2.05) is 0 Å². The van der Waals surface area contributed by atoms with Crippen LogP contribution in [0, 0.1) is 19.8 Å². The molecule has 21 heavy (non-hydrogen) atoms. The molecule has 0 spiro atoms. The molecule has 1 aromatic rings. The lowest BCUT2D eigenvalue weighted by molar-refractivity contribution is 0.0172. The van der Waals surface area contributed by atoms with Crippen LogP contribution in [0.25, 0.3) is 0 Å². The molecule has 1 aromatic carbocycles. The minimum Gasteiger partial charge on any atom is -0.496 e. The Kier molecular flexibility index (Phi) is 5.32. The molecule has 1 saturated carbocycles. The van der Waals surface area contributed by atoms with Gasteiger partial charge in [0.05, 0.1) is 12.7 Å². The standard InChI is InChI=1S/C19H30O2/c1-5-7-16-8-6-12-19(20,13-11-16)17-10-9-14(2)15(3)18(17)21-4/h9-10,16,20H,5-8,11-13H2,1-4H3. The van der Waals surface area contributed by atoms with E-state index in [9.17, 15) is 5.11 Å². The normalized spacial score (nSPS) is 26.4. The molecule has 2 rings (SSSR count). The van der Waals surface area contributed by atoms with Gasteiger partial charge in [-0.1, -0.05) is 38.3 Å². The zero-order valence-electron chi connectivity index (χ0n) is 14.0. The van der Waals surface area contributed by atoms with Crippen molar-refractivity contribution in [2.45, 2.75) is 71.3 Å². The van der Waals surface area contributed by atoms with Crippen LogP contribution >= 0.6 is 0 Å². The van der Waals surface area contributed by atoms with Gasteiger partial charge < -0.3 is 9.84 Å². The summed E-state index contributed by atoms with van der Waals surface area (Å²) in [6.45, 7) is 6.43. The highest BCUT2D eigenvalue weighted by Crippen LogP contribution is 2.43. The van der Waals surface area contributed by atoms with Crippen LogP contribution in [-0.4, -0.2) is 12.2 Å². The summed E-state index contributed by atoms with van der Waals surface area (Å²) in [5.74, 6) is 1.66. The zero-order valence-corrected chi connectivity index (χ0v) is 14.0. The van der Waals surface area contributed by atoms with Gasteiger partial charge in [-0.2, -0.15) is 0 Å². The average molecular weight is 290 g/mol. The van der Waals surface area contributed by atoms with Crippen molar-refractivity contribution in [1.82, 2.24) is 0 Å². The van der Waals surface area contributed by atoms with Gasteiger partial charge in [-0.05, 0) is 56.6 Å². The Morgan fingerprint density at radius 1 is 1.24 bits per heavy atom. The SMILES string of the molecule is CCCC1CCCC(O)(c2ccc(C)c(C)c2OC)CC1. The minimum absolute atomic E-state index is 0.716. The number of ether oxygens (including phenoxy) is 1. The molecule has 0 heterocycles. The van der Waals surface area contributed by atoms with Gasteiger partial charge in [0.15, 0.2) is 0 Å². The van der Waals surface area contributed by atoms with Gasteiger partial charge in [0.2, 0.25) is 0 Å². The Morgan fingerprint density at radius 2 is 2.00 bits per heavy atom. The van der Waals surface area contributed by atoms with E-state index in [1.165, 1.54) is 24.8 Å². The van der Waals surface area contributed by atoms with Gasteiger partial charge in [-0.15, -0.1) is 0 Å². The number of methoxy groups -OCH3 is 1. The molecule has 1 fully saturated rings. The van der Waals surface area contributed by atoms with Crippen LogP contribution in [0.3, 0.4) is 0 Å². The molecule has 2 unspecified atom stereocenters. The third kappa shape index (κ3) is 3.42. The molecule has 0 radical (unpaired) electrons. The monoisotopic (exact) mass is 290 g/mol. The first-order valence-corrected chi connectivity index (χ1v) is 8.39. The first kappa shape index (κ1) is 16.4. The number of hydrogen-bond acceptors (Lipinski definition) is 2.